The van der Waals surface area contributed by atoms with Crippen LogP contribution >= 0.6 is 12.6 Å². The Morgan fingerprint density at radius 1 is 1.00 bits per heavy atom. The van der Waals surface area contributed by atoms with E-state index in [0.717, 1.165) is 32.2 Å². The van der Waals surface area contributed by atoms with Crippen molar-refractivity contribution in [3.05, 3.63) is 0 Å². The highest BCUT2D eigenvalue weighted by Gasteiger charge is 2.29. The van der Waals surface area contributed by atoms with E-state index in [2.05, 4.69) is 26.5 Å². The summed E-state index contributed by atoms with van der Waals surface area (Å²) in [5, 5.41) is 0. The Morgan fingerprint density at radius 3 is 2.17 bits per heavy atom. The lowest BCUT2D eigenvalue weighted by molar-refractivity contribution is 0.00169. The van der Waals surface area contributed by atoms with E-state index in [1.54, 1.807) is 0 Å². The molecular formula is C15H30O2S. The number of rotatable bonds is 8. The predicted molar refractivity (Wildman–Crippen MR) is 80.5 cm³/mol. The minimum absolute atomic E-state index is 0.331. The van der Waals surface area contributed by atoms with Crippen LogP contribution in [0.3, 0.4) is 0 Å². The zero-order valence-corrected chi connectivity index (χ0v) is 13.0. The van der Waals surface area contributed by atoms with Crippen molar-refractivity contribution in [2.24, 2.45) is 11.3 Å². The van der Waals surface area contributed by atoms with Crippen LogP contribution in [0.4, 0.5) is 0 Å². The molecule has 1 aliphatic rings. The molecule has 0 N–H and O–H groups in total. The lowest BCUT2D eigenvalue weighted by Gasteiger charge is -2.30. The quantitative estimate of drug-likeness (QED) is 0.410. The number of hydrogen-bond acceptors (Lipinski definition) is 3. The summed E-state index contributed by atoms with van der Waals surface area (Å²) in [5.41, 5.74) is 0.331. The van der Waals surface area contributed by atoms with Crippen molar-refractivity contribution in [3.63, 3.8) is 0 Å². The van der Waals surface area contributed by atoms with Crippen LogP contribution in [0.25, 0.3) is 0 Å². The van der Waals surface area contributed by atoms with Gasteiger partial charge in [0.05, 0.1) is 19.8 Å². The van der Waals surface area contributed by atoms with E-state index in [4.69, 9.17) is 9.47 Å². The first-order chi connectivity index (χ1) is 8.68. The normalized spacial score (nSPS) is 20.0. The maximum Gasteiger partial charge on any atom is 0.0700 e. The lowest BCUT2D eigenvalue weighted by Crippen LogP contribution is -2.29. The second kappa shape index (κ2) is 9.22. The molecule has 0 heterocycles. The highest BCUT2D eigenvalue weighted by Crippen LogP contribution is 2.36. The molecule has 1 saturated carbocycles. The van der Waals surface area contributed by atoms with Gasteiger partial charge in [-0.1, -0.05) is 39.5 Å². The van der Waals surface area contributed by atoms with Gasteiger partial charge in [-0.25, -0.2) is 0 Å². The van der Waals surface area contributed by atoms with Crippen LogP contribution in [0, 0.1) is 11.3 Å². The SMILES string of the molecule is CC(C)COCCOCC1(CS)CCCCCC1. The monoisotopic (exact) mass is 274 g/mol. The van der Waals surface area contributed by atoms with Crippen LogP contribution in [0.2, 0.25) is 0 Å². The molecule has 0 atom stereocenters. The first kappa shape index (κ1) is 16.3. The van der Waals surface area contributed by atoms with Crippen molar-refractivity contribution in [2.75, 3.05) is 32.2 Å². The fourth-order valence-electron chi connectivity index (χ4n) is 2.55. The number of hydrogen-bond donors (Lipinski definition) is 1. The molecule has 0 radical (unpaired) electrons. The van der Waals surface area contributed by atoms with Crippen molar-refractivity contribution < 1.29 is 9.47 Å². The fraction of sp³-hybridized carbons (Fsp3) is 1.00. The predicted octanol–water partition coefficient (Wildman–Crippen LogP) is 3.95. The molecule has 1 aliphatic carbocycles. The van der Waals surface area contributed by atoms with Crippen molar-refractivity contribution in [3.8, 4) is 0 Å². The maximum atomic E-state index is 5.83. The van der Waals surface area contributed by atoms with E-state index in [9.17, 15) is 0 Å². The molecule has 1 rings (SSSR count). The minimum atomic E-state index is 0.331. The lowest BCUT2D eigenvalue weighted by atomic mass is 9.83. The van der Waals surface area contributed by atoms with Gasteiger partial charge in [0.15, 0.2) is 0 Å². The molecular weight excluding hydrogens is 244 g/mol. The topological polar surface area (TPSA) is 18.5 Å². The number of thiol groups is 1. The molecule has 0 spiro atoms. The Kier molecular flexibility index (Phi) is 8.36. The van der Waals surface area contributed by atoms with Crippen LogP contribution in [-0.2, 0) is 9.47 Å². The van der Waals surface area contributed by atoms with Gasteiger partial charge in [-0.2, -0.15) is 12.6 Å². The summed E-state index contributed by atoms with van der Waals surface area (Å²) in [4.78, 5) is 0. The van der Waals surface area contributed by atoms with E-state index in [1.807, 2.05) is 0 Å². The average Bonchev–Trinajstić information content (AvgIpc) is 2.59. The zero-order valence-electron chi connectivity index (χ0n) is 12.1. The molecule has 0 bridgehead atoms. The van der Waals surface area contributed by atoms with Gasteiger partial charge in [-0.3, -0.25) is 0 Å². The van der Waals surface area contributed by atoms with Gasteiger partial charge in [-0.15, -0.1) is 0 Å². The van der Waals surface area contributed by atoms with Gasteiger partial charge >= 0.3 is 0 Å². The highest BCUT2D eigenvalue weighted by molar-refractivity contribution is 7.80. The molecule has 0 unspecified atom stereocenters. The second-order valence-electron chi connectivity index (χ2n) is 6.09. The largest absolute Gasteiger partial charge is 0.379 e. The molecule has 108 valence electrons. The van der Waals surface area contributed by atoms with Crippen LogP contribution < -0.4 is 0 Å². The summed E-state index contributed by atoms with van der Waals surface area (Å²) in [6.45, 7) is 7.48. The summed E-state index contributed by atoms with van der Waals surface area (Å²) in [6, 6.07) is 0. The average molecular weight is 274 g/mol. The summed E-state index contributed by atoms with van der Waals surface area (Å²) < 4.78 is 11.4. The van der Waals surface area contributed by atoms with Gasteiger partial charge in [-0.05, 0) is 24.5 Å². The van der Waals surface area contributed by atoms with Gasteiger partial charge in [0.1, 0.15) is 0 Å². The first-order valence-corrected chi connectivity index (χ1v) is 8.08. The Balaban J connectivity index is 2.14. The molecule has 0 aromatic heterocycles. The van der Waals surface area contributed by atoms with E-state index >= 15 is 0 Å². The third kappa shape index (κ3) is 6.44. The molecule has 0 aromatic rings. The summed E-state index contributed by atoms with van der Waals surface area (Å²) in [5.74, 6) is 1.57. The molecule has 3 heteroatoms. The third-order valence-electron chi connectivity index (χ3n) is 3.73. The van der Waals surface area contributed by atoms with Crippen molar-refractivity contribution in [2.45, 2.75) is 52.4 Å². The van der Waals surface area contributed by atoms with Gasteiger partial charge in [0.25, 0.3) is 0 Å². The maximum absolute atomic E-state index is 5.83. The van der Waals surface area contributed by atoms with Gasteiger partial charge < -0.3 is 9.47 Å². The van der Waals surface area contributed by atoms with Crippen LogP contribution in [-0.4, -0.2) is 32.2 Å². The molecule has 2 nitrogen and oxygen atoms in total. The molecule has 0 aliphatic heterocycles. The zero-order chi connectivity index (χ0) is 13.3. The number of ether oxygens (including phenoxy) is 2. The highest BCUT2D eigenvalue weighted by atomic mass is 32.1. The van der Waals surface area contributed by atoms with E-state index in [0.29, 0.717) is 11.3 Å². The first-order valence-electron chi connectivity index (χ1n) is 7.45. The summed E-state index contributed by atoms with van der Waals surface area (Å²) in [6.07, 6.45) is 8.01. The van der Waals surface area contributed by atoms with Crippen LogP contribution in [0.1, 0.15) is 52.4 Å². The Labute approximate surface area is 118 Å². The molecule has 0 saturated heterocycles. The standard InChI is InChI=1S/C15H30O2S/c1-14(2)11-16-9-10-17-12-15(13-18)7-5-3-4-6-8-15/h14,18H,3-13H2,1-2H3. The van der Waals surface area contributed by atoms with Crippen molar-refractivity contribution in [1.29, 1.82) is 0 Å². The summed E-state index contributed by atoms with van der Waals surface area (Å²) >= 11 is 4.56. The smallest absolute Gasteiger partial charge is 0.0700 e. The van der Waals surface area contributed by atoms with E-state index in [1.165, 1.54) is 38.5 Å². The fourth-order valence-corrected chi connectivity index (χ4v) is 2.96. The van der Waals surface area contributed by atoms with E-state index in [-0.39, 0.29) is 0 Å². The minimum Gasteiger partial charge on any atom is -0.379 e. The van der Waals surface area contributed by atoms with Gasteiger partial charge in [0, 0.05) is 12.0 Å². The molecule has 0 amide bonds. The molecule has 0 aromatic carbocycles. The summed E-state index contributed by atoms with van der Waals surface area (Å²) in [7, 11) is 0. The van der Waals surface area contributed by atoms with E-state index < -0.39 is 0 Å². The van der Waals surface area contributed by atoms with Gasteiger partial charge in [0.2, 0.25) is 0 Å². The van der Waals surface area contributed by atoms with Crippen molar-refractivity contribution >= 4 is 12.6 Å². The molecule has 1 fully saturated rings. The van der Waals surface area contributed by atoms with Crippen molar-refractivity contribution in [1.82, 2.24) is 0 Å². The van der Waals surface area contributed by atoms with Crippen LogP contribution in [0.5, 0.6) is 0 Å². The second-order valence-corrected chi connectivity index (χ2v) is 6.41. The molecule has 18 heavy (non-hydrogen) atoms. The van der Waals surface area contributed by atoms with Crippen LogP contribution in [0.15, 0.2) is 0 Å². The Morgan fingerprint density at radius 2 is 1.61 bits per heavy atom. The third-order valence-corrected chi connectivity index (χ3v) is 4.40. The Bertz CT molecular complexity index is 199. The Hall–Kier alpha value is 0.270.